The zero-order chi connectivity index (χ0) is 22.6. The summed E-state index contributed by atoms with van der Waals surface area (Å²) < 4.78 is 34.9. The van der Waals surface area contributed by atoms with Crippen LogP contribution in [-0.2, 0) is 21.0 Å². The van der Waals surface area contributed by atoms with Crippen molar-refractivity contribution in [2.45, 2.75) is 17.7 Å². The van der Waals surface area contributed by atoms with Crippen LogP contribution in [0.25, 0.3) is 0 Å². The highest BCUT2D eigenvalue weighted by Crippen LogP contribution is 2.30. The van der Waals surface area contributed by atoms with Crippen LogP contribution >= 0.6 is 0 Å². The lowest BCUT2D eigenvalue weighted by Gasteiger charge is -2.15. The van der Waals surface area contributed by atoms with Crippen LogP contribution in [-0.4, -0.2) is 37.9 Å². The van der Waals surface area contributed by atoms with Crippen LogP contribution in [0.5, 0.6) is 11.6 Å². The van der Waals surface area contributed by atoms with E-state index in [2.05, 4.69) is 15.3 Å². The summed E-state index contributed by atoms with van der Waals surface area (Å²) in [5, 5.41) is 12.1. The van der Waals surface area contributed by atoms with Crippen molar-refractivity contribution in [1.82, 2.24) is 9.97 Å². The van der Waals surface area contributed by atoms with Gasteiger partial charge in [-0.25, -0.2) is 18.4 Å². The van der Waals surface area contributed by atoms with E-state index in [0.29, 0.717) is 35.5 Å². The van der Waals surface area contributed by atoms with Crippen LogP contribution in [0.1, 0.15) is 17.5 Å². The van der Waals surface area contributed by atoms with Crippen LogP contribution in [0.3, 0.4) is 0 Å². The maximum Gasteiger partial charge on any atom is 0.222 e. The van der Waals surface area contributed by atoms with Crippen molar-refractivity contribution in [2.75, 3.05) is 24.8 Å². The van der Waals surface area contributed by atoms with Crippen LogP contribution in [0, 0.1) is 17.2 Å². The van der Waals surface area contributed by atoms with Crippen LogP contribution in [0.4, 0.5) is 11.5 Å². The van der Waals surface area contributed by atoms with Gasteiger partial charge in [-0.15, -0.1) is 0 Å². The molecule has 2 aromatic heterocycles. The number of aromatic nitrogens is 2. The van der Waals surface area contributed by atoms with Crippen molar-refractivity contribution < 1.29 is 17.9 Å². The molecule has 0 saturated carbocycles. The van der Waals surface area contributed by atoms with Gasteiger partial charge < -0.3 is 14.8 Å². The normalized spacial score (nSPS) is 15.8. The Kier molecular flexibility index (Phi) is 6.35. The minimum Gasteiger partial charge on any atom is -0.439 e. The van der Waals surface area contributed by atoms with Crippen molar-refractivity contribution in [3.05, 3.63) is 66.0 Å². The molecule has 0 radical (unpaired) electrons. The quantitative estimate of drug-likeness (QED) is 0.577. The second-order valence-corrected chi connectivity index (χ2v) is 9.65. The van der Waals surface area contributed by atoms with Gasteiger partial charge in [-0.05, 0) is 61.2 Å². The van der Waals surface area contributed by atoms with E-state index in [-0.39, 0.29) is 4.90 Å². The summed E-state index contributed by atoms with van der Waals surface area (Å²) in [7, 11) is -3.27. The number of ether oxygens (including phenoxy) is 2. The van der Waals surface area contributed by atoms with Gasteiger partial charge in [0.1, 0.15) is 17.6 Å². The van der Waals surface area contributed by atoms with Crippen LogP contribution in [0.15, 0.2) is 59.8 Å². The van der Waals surface area contributed by atoms with E-state index in [4.69, 9.17) is 14.7 Å². The molecule has 1 saturated heterocycles. The SMILES string of the molecule is CS(=O)(=O)c1ccc(Oc2ncc(Nc3ccc(C#N)cn3)cc2CC2CCOC2)cc1. The molecule has 1 N–H and O–H groups in total. The fourth-order valence-electron chi connectivity index (χ4n) is 3.41. The summed E-state index contributed by atoms with van der Waals surface area (Å²) >= 11 is 0. The van der Waals surface area contributed by atoms with Crippen LogP contribution < -0.4 is 10.1 Å². The molecule has 0 spiro atoms. The number of hydrogen-bond acceptors (Lipinski definition) is 8. The van der Waals surface area contributed by atoms with Crippen molar-refractivity contribution in [1.29, 1.82) is 5.26 Å². The number of nitriles is 1. The summed E-state index contributed by atoms with van der Waals surface area (Å²) in [5.41, 5.74) is 2.14. The number of anilines is 2. The number of sulfone groups is 1. The smallest absolute Gasteiger partial charge is 0.222 e. The number of rotatable bonds is 7. The summed E-state index contributed by atoms with van der Waals surface area (Å²) in [6.07, 6.45) is 6.02. The number of pyridine rings is 2. The average molecular weight is 451 g/mol. The van der Waals surface area contributed by atoms with E-state index in [0.717, 1.165) is 30.7 Å². The van der Waals surface area contributed by atoms with Gasteiger partial charge in [0.05, 0.1) is 22.3 Å². The first-order valence-electron chi connectivity index (χ1n) is 10.1. The molecule has 1 aromatic carbocycles. The summed E-state index contributed by atoms with van der Waals surface area (Å²) in [6.45, 7) is 1.44. The Morgan fingerprint density at radius 3 is 2.62 bits per heavy atom. The number of nitrogens with one attached hydrogen (secondary N) is 1. The molecule has 3 aromatic rings. The van der Waals surface area contributed by atoms with Crippen molar-refractivity contribution in [3.8, 4) is 17.7 Å². The van der Waals surface area contributed by atoms with E-state index in [1.807, 2.05) is 12.1 Å². The van der Waals surface area contributed by atoms with Gasteiger partial charge in [-0.3, -0.25) is 0 Å². The average Bonchev–Trinajstić information content (AvgIpc) is 3.29. The third kappa shape index (κ3) is 5.41. The van der Waals surface area contributed by atoms with E-state index in [9.17, 15) is 8.42 Å². The Hall–Kier alpha value is -3.48. The highest BCUT2D eigenvalue weighted by Gasteiger charge is 2.20. The second-order valence-electron chi connectivity index (χ2n) is 7.64. The zero-order valence-electron chi connectivity index (χ0n) is 17.5. The number of nitrogens with zero attached hydrogens (tertiary/aromatic N) is 3. The third-order valence-corrected chi connectivity index (χ3v) is 6.22. The lowest BCUT2D eigenvalue weighted by atomic mass is 9.99. The van der Waals surface area contributed by atoms with Gasteiger partial charge in [-0.1, -0.05) is 0 Å². The molecule has 0 amide bonds. The minimum atomic E-state index is -3.27. The fraction of sp³-hybridized carbons (Fsp3) is 0.261. The molecule has 32 heavy (non-hydrogen) atoms. The van der Waals surface area contributed by atoms with Gasteiger partial charge in [0, 0.05) is 31.2 Å². The molecule has 1 aliphatic heterocycles. The molecular formula is C23H22N4O4S. The monoisotopic (exact) mass is 450 g/mol. The maximum atomic E-state index is 11.7. The zero-order valence-corrected chi connectivity index (χ0v) is 18.3. The number of hydrogen-bond donors (Lipinski definition) is 1. The highest BCUT2D eigenvalue weighted by atomic mass is 32.2. The lowest BCUT2D eigenvalue weighted by molar-refractivity contribution is 0.185. The van der Waals surface area contributed by atoms with Gasteiger partial charge >= 0.3 is 0 Å². The molecule has 4 rings (SSSR count). The number of benzene rings is 1. The largest absolute Gasteiger partial charge is 0.439 e. The van der Waals surface area contributed by atoms with E-state index in [1.165, 1.54) is 24.6 Å². The topological polar surface area (TPSA) is 114 Å². The van der Waals surface area contributed by atoms with E-state index >= 15 is 0 Å². The van der Waals surface area contributed by atoms with Crippen molar-refractivity contribution in [2.24, 2.45) is 5.92 Å². The lowest BCUT2D eigenvalue weighted by Crippen LogP contribution is -2.07. The fourth-order valence-corrected chi connectivity index (χ4v) is 4.04. The first-order valence-corrected chi connectivity index (χ1v) is 12.0. The van der Waals surface area contributed by atoms with Gasteiger partial charge in [0.25, 0.3) is 0 Å². The molecule has 1 unspecified atom stereocenters. The van der Waals surface area contributed by atoms with Gasteiger partial charge in [0.15, 0.2) is 9.84 Å². The molecule has 0 aliphatic carbocycles. The summed E-state index contributed by atoms with van der Waals surface area (Å²) in [5.74, 6) is 1.94. The summed E-state index contributed by atoms with van der Waals surface area (Å²) in [6, 6.07) is 13.7. The molecule has 164 valence electrons. The molecule has 1 aliphatic rings. The highest BCUT2D eigenvalue weighted by molar-refractivity contribution is 7.90. The third-order valence-electron chi connectivity index (χ3n) is 5.09. The molecule has 3 heterocycles. The molecular weight excluding hydrogens is 428 g/mol. The van der Waals surface area contributed by atoms with Crippen LogP contribution in [0.2, 0.25) is 0 Å². The first-order chi connectivity index (χ1) is 15.4. The predicted octanol–water partition coefficient (Wildman–Crippen LogP) is 3.87. The Balaban J connectivity index is 1.58. The van der Waals surface area contributed by atoms with E-state index in [1.54, 1.807) is 30.5 Å². The Labute approximate surface area is 186 Å². The van der Waals surface area contributed by atoms with Crippen molar-refractivity contribution in [3.63, 3.8) is 0 Å². The maximum absolute atomic E-state index is 11.7. The first kappa shape index (κ1) is 21.7. The van der Waals surface area contributed by atoms with E-state index < -0.39 is 9.84 Å². The molecule has 8 nitrogen and oxygen atoms in total. The summed E-state index contributed by atoms with van der Waals surface area (Å²) in [4.78, 5) is 8.96. The van der Waals surface area contributed by atoms with Crippen molar-refractivity contribution >= 4 is 21.3 Å². The van der Waals surface area contributed by atoms with Gasteiger partial charge in [0.2, 0.25) is 5.88 Å². The second kappa shape index (κ2) is 9.34. The molecule has 0 bridgehead atoms. The molecule has 9 heteroatoms. The predicted molar refractivity (Wildman–Crippen MR) is 119 cm³/mol. The Morgan fingerprint density at radius 2 is 2.00 bits per heavy atom. The standard InChI is InChI=1S/C23H22N4O4S/c1-32(28,29)21-5-3-20(4-6-21)31-23-18(10-16-8-9-30-15-16)11-19(14-26-23)27-22-7-2-17(12-24)13-25-22/h2-7,11,13-14,16H,8-10,15H2,1H3,(H,25,27). The Morgan fingerprint density at radius 1 is 1.19 bits per heavy atom. The Bertz CT molecular complexity index is 1230. The van der Waals surface area contributed by atoms with Gasteiger partial charge in [-0.2, -0.15) is 5.26 Å². The molecule has 1 fully saturated rings. The minimum absolute atomic E-state index is 0.232. The molecule has 1 atom stereocenters.